The molecule has 0 atom stereocenters. The van der Waals surface area contributed by atoms with E-state index in [1.54, 1.807) is 43.3 Å². The van der Waals surface area contributed by atoms with E-state index in [4.69, 9.17) is 16.3 Å². The second-order valence-electron chi connectivity index (χ2n) is 7.27. The number of aryl methyl sites for hydroxylation is 1. The number of carbonyl (C=O) groups is 2. The molecule has 1 N–H and O–H groups in total. The quantitative estimate of drug-likeness (QED) is 0.368. The molecule has 0 bridgehead atoms. The summed E-state index contributed by atoms with van der Waals surface area (Å²) in [5.74, 6) is -1.16. The van der Waals surface area contributed by atoms with Crippen molar-refractivity contribution in [1.82, 2.24) is 0 Å². The summed E-state index contributed by atoms with van der Waals surface area (Å²) < 4.78 is 33.5. The van der Waals surface area contributed by atoms with Gasteiger partial charge in [-0.05, 0) is 62.4 Å². The SMILES string of the molecule is CCOC(=O)c1ccc(NC(=O)CN(c2cccc(Br)c2)S(=O)(=O)c2ccc(C)cc2)cc1Cl. The van der Waals surface area contributed by atoms with Crippen molar-refractivity contribution in [2.75, 3.05) is 22.8 Å². The molecule has 0 saturated heterocycles. The van der Waals surface area contributed by atoms with Crippen LogP contribution in [0.3, 0.4) is 0 Å². The Kier molecular flexibility index (Phi) is 8.35. The van der Waals surface area contributed by atoms with Gasteiger partial charge in [0.1, 0.15) is 6.54 Å². The molecule has 178 valence electrons. The number of sulfonamides is 1. The number of amides is 1. The molecular weight excluding hydrogens is 544 g/mol. The zero-order valence-electron chi connectivity index (χ0n) is 18.4. The summed E-state index contributed by atoms with van der Waals surface area (Å²) in [5.41, 5.74) is 1.71. The molecule has 0 aliphatic heterocycles. The van der Waals surface area contributed by atoms with E-state index in [0.717, 1.165) is 9.87 Å². The number of hydrogen-bond acceptors (Lipinski definition) is 5. The zero-order valence-corrected chi connectivity index (χ0v) is 21.6. The summed E-state index contributed by atoms with van der Waals surface area (Å²) in [6.07, 6.45) is 0. The van der Waals surface area contributed by atoms with E-state index in [2.05, 4.69) is 21.2 Å². The summed E-state index contributed by atoms with van der Waals surface area (Å²) in [7, 11) is -4.04. The Balaban J connectivity index is 1.88. The number of nitrogens with one attached hydrogen (secondary N) is 1. The van der Waals surface area contributed by atoms with Crippen LogP contribution < -0.4 is 9.62 Å². The number of nitrogens with zero attached hydrogens (tertiary/aromatic N) is 1. The lowest BCUT2D eigenvalue weighted by atomic mass is 10.2. The Labute approximate surface area is 211 Å². The summed E-state index contributed by atoms with van der Waals surface area (Å²) >= 11 is 9.51. The van der Waals surface area contributed by atoms with Gasteiger partial charge in [0.15, 0.2) is 0 Å². The molecule has 34 heavy (non-hydrogen) atoms. The fraction of sp³-hybridized carbons (Fsp3) is 0.167. The highest BCUT2D eigenvalue weighted by molar-refractivity contribution is 9.10. The molecular formula is C24H22BrClN2O5S. The minimum atomic E-state index is -4.04. The van der Waals surface area contributed by atoms with E-state index in [-0.39, 0.29) is 22.1 Å². The molecule has 0 radical (unpaired) electrons. The molecule has 3 aromatic rings. The molecule has 0 aliphatic rings. The predicted octanol–water partition coefficient (Wildman–Crippen LogP) is 5.42. The Hall–Kier alpha value is -2.88. The fourth-order valence-electron chi connectivity index (χ4n) is 3.08. The number of hydrogen-bond donors (Lipinski definition) is 1. The van der Waals surface area contributed by atoms with E-state index in [1.165, 1.54) is 30.3 Å². The van der Waals surface area contributed by atoms with Gasteiger partial charge in [-0.25, -0.2) is 13.2 Å². The lowest BCUT2D eigenvalue weighted by molar-refractivity contribution is -0.114. The number of rotatable bonds is 8. The number of halogens is 2. The first-order valence-electron chi connectivity index (χ1n) is 10.2. The Bertz CT molecular complexity index is 1310. The van der Waals surface area contributed by atoms with Crippen molar-refractivity contribution in [2.45, 2.75) is 18.7 Å². The van der Waals surface area contributed by atoms with Gasteiger partial charge in [0.2, 0.25) is 5.91 Å². The van der Waals surface area contributed by atoms with Crippen LogP contribution in [-0.4, -0.2) is 33.4 Å². The van der Waals surface area contributed by atoms with Gasteiger partial charge in [-0.15, -0.1) is 0 Å². The predicted molar refractivity (Wildman–Crippen MR) is 136 cm³/mol. The number of benzene rings is 3. The van der Waals surface area contributed by atoms with Crippen LogP contribution in [-0.2, 0) is 19.6 Å². The molecule has 0 unspecified atom stereocenters. The van der Waals surface area contributed by atoms with Crippen LogP contribution in [0.1, 0.15) is 22.8 Å². The minimum absolute atomic E-state index is 0.0627. The second kappa shape index (κ2) is 11.0. The Morgan fingerprint density at radius 1 is 1.06 bits per heavy atom. The van der Waals surface area contributed by atoms with Crippen molar-refractivity contribution in [2.24, 2.45) is 0 Å². The van der Waals surface area contributed by atoms with Crippen molar-refractivity contribution in [3.05, 3.63) is 87.4 Å². The highest BCUT2D eigenvalue weighted by Gasteiger charge is 2.27. The normalized spacial score (nSPS) is 11.1. The molecule has 10 heteroatoms. The molecule has 0 spiro atoms. The maximum Gasteiger partial charge on any atom is 0.339 e. The highest BCUT2D eigenvalue weighted by Crippen LogP contribution is 2.27. The maximum absolute atomic E-state index is 13.4. The van der Waals surface area contributed by atoms with Gasteiger partial charge < -0.3 is 10.1 Å². The van der Waals surface area contributed by atoms with Gasteiger partial charge >= 0.3 is 5.97 Å². The minimum Gasteiger partial charge on any atom is -0.462 e. The Morgan fingerprint density at radius 3 is 2.38 bits per heavy atom. The monoisotopic (exact) mass is 564 g/mol. The third-order valence-electron chi connectivity index (χ3n) is 4.74. The van der Waals surface area contributed by atoms with Crippen LogP contribution in [0, 0.1) is 6.92 Å². The van der Waals surface area contributed by atoms with E-state index in [0.29, 0.717) is 15.8 Å². The molecule has 3 aromatic carbocycles. The summed E-state index contributed by atoms with van der Waals surface area (Å²) in [6.45, 7) is 3.26. The lowest BCUT2D eigenvalue weighted by Gasteiger charge is -2.24. The lowest BCUT2D eigenvalue weighted by Crippen LogP contribution is -2.38. The molecule has 7 nitrogen and oxygen atoms in total. The second-order valence-corrected chi connectivity index (χ2v) is 10.5. The van der Waals surface area contributed by atoms with Gasteiger partial charge in [-0.3, -0.25) is 9.10 Å². The van der Waals surface area contributed by atoms with Crippen LogP contribution in [0.4, 0.5) is 11.4 Å². The molecule has 0 heterocycles. The van der Waals surface area contributed by atoms with Gasteiger partial charge in [0, 0.05) is 10.2 Å². The number of carbonyl (C=O) groups excluding carboxylic acids is 2. The largest absolute Gasteiger partial charge is 0.462 e. The van der Waals surface area contributed by atoms with Gasteiger partial charge in [0.05, 0.1) is 27.8 Å². The van der Waals surface area contributed by atoms with Crippen molar-refractivity contribution in [3.63, 3.8) is 0 Å². The highest BCUT2D eigenvalue weighted by atomic mass is 79.9. The van der Waals surface area contributed by atoms with Gasteiger partial charge in [0.25, 0.3) is 10.0 Å². The number of anilines is 2. The van der Waals surface area contributed by atoms with Crippen LogP contribution in [0.15, 0.2) is 76.1 Å². The molecule has 1 amide bonds. The van der Waals surface area contributed by atoms with E-state index < -0.39 is 28.4 Å². The smallest absolute Gasteiger partial charge is 0.339 e. The first kappa shape index (κ1) is 25.7. The average molecular weight is 566 g/mol. The molecule has 0 fully saturated rings. The van der Waals surface area contributed by atoms with Gasteiger partial charge in [-0.1, -0.05) is 51.3 Å². The average Bonchev–Trinajstić information content (AvgIpc) is 2.78. The van der Waals surface area contributed by atoms with E-state index in [9.17, 15) is 18.0 Å². The fourth-order valence-corrected chi connectivity index (χ4v) is 5.14. The van der Waals surface area contributed by atoms with Crippen LogP contribution in [0.25, 0.3) is 0 Å². The third kappa shape index (κ3) is 6.16. The first-order valence-corrected chi connectivity index (χ1v) is 12.8. The van der Waals surface area contributed by atoms with Crippen molar-refractivity contribution < 1.29 is 22.7 Å². The van der Waals surface area contributed by atoms with Crippen LogP contribution in [0.5, 0.6) is 0 Å². The number of esters is 1. The summed E-state index contributed by atoms with van der Waals surface area (Å²) in [6, 6.07) is 17.4. The van der Waals surface area contributed by atoms with Crippen molar-refractivity contribution >= 4 is 60.8 Å². The standard InChI is InChI=1S/C24H22BrClN2O5S/c1-3-33-24(30)21-12-9-18(14-22(21)26)27-23(29)15-28(19-6-4-5-17(25)13-19)34(31,32)20-10-7-16(2)8-11-20/h4-14H,3,15H2,1-2H3,(H,27,29). The number of ether oxygens (including phenoxy) is 1. The molecule has 0 saturated carbocycles. The molecule has 0 aromatic heterocycles. The summed E-state index contributed by atoms with van der Waals surface area (Å²) in [4.78, 5) is 24.9. The van der Waals surface area contributed by atoms with E-state index in [1.807, 2.05) is 6.92 Å². The summed E-state index contributed by atoms with van der Waals surface area (Å²) in [5, 5.41) is 2.74. The molecule has 0 aliphatic carbocycles. The van der Waals surface area contributed by atoms with E-state index >= 15 is 0 Å². The topological polar surface area (TPSA) is 92.8 Å². The van der Waals surface area contributed by atoms with Crippen LogP contribution >= 0.6 is 27.5 Å². The zero-order chi connectivity index (χ0) is 24.9. The van der Waals surface area contributed by atoms with Crippen LogP contribution in [0.2, 0.25) is 5.02 Å². The molecule has 3 rings (SSSR count). The van der Waals surface area contributed by atoms with Crippen molar-refractivity contribution in [3.8, 4) is 0 Å². The van der Waals surface area contributed by atoms with Gasteiger partial charge in [-0.2, -0.15) is 0 Å². The van der Waals surface area contributed by atoms with Crippen molar-refractivity contribution in [1.29, 1.82) is 0 Å². The maximum atomic E-state index is 13.4. The first-order chi connectivity index (χ1) is 16.1. The Morgan fingerprint density at radius 2 is 1.76 bits per heavy atom. The third-order valence-corrected chi connectivity index (χ3v) is 7.33.